The maximum absolute atomic E-state index is 13.2. The molecule has 3 atom stereocenters. The van der Waals surface area contributed by atoms with Gasteiger partial charge >= 0.3 is 12.1 Å². The Morgan fingerprint density at radius 3 is 2.70 bits per heavy atom. The van der Waals surface area contributed by atoms with Gasteiger partial charge in [0.2, 0.25) is 0 Å². The van der Waals surface area contributed by atoms with E-state index in [1.807, 2.05) is 45.0 Å². The number of nitrogens with one attached hydrogen (secondary N) is 1. The van der Waals surface area contributed by atoms with Gasteiger partial charge in [-0.15, -0.1) is 0 Å². The minimum Gasteiger partial charge on any atom is -0.466 e. The number of nitrogens with zero attached hydrogens (tertiary/aromatic N) is 1. The highest BCUT2D eigenvalue weighted by molar-refractivity contribution is 6.00. The van der Waals surface area contributed by atoms with Crippen molar-refractivity contribution in [3.8, 4) is 0 Å². The summed E-state index contributed by atoms with van der Waals surface area (Å²) in [5, 5.41) is 3.57. The molecule has 27 heavy (non-hydrogen) atoms. The number of methoxy groups -OCH3 is 1. The third-order valence-corrected chi connectivity index (χ3v) is 5.84. The summed E-state index contributed by atoms with van der Waals surface area (Å²) in [6.07, 6.45) is 3.07. The maximum atomic E-state index is 13.2. The van der Waals surface area contributed by atoms with Crippen LogP contribution >= 0.6 is 0 Å². The molecule has 2 heterocycles. The Hall–Kier alpha value is -2.34. The monoisotopic (exact) mass is 370 g/mol. The number of carbonyl (C=O) groups is 2. The second-order valence-electron chi connectivity index (χ2n) is 8.45. The van der Waals surface area contributed by atoms with Crippen molar-refractivity contribution in [3.05, 3.63) is 41.5 Å². The van der Waals surface area contributed by atoms with Crippen molar-refractivity contribution in [1.82, 2.24) is 5.32 Å². The highest BCUT2D eigenvalue weighted by atomic mass is 16.6. The molecule has 0 radical (unpaired) electrons. The number of fused-ring (bicyclic) bond motifs is 1. The van der Waals surface area contributed by atoms with Gasteiger partial charge in [0.15, 0.2) is 0 Å². The summed E-state index contributed by atoms with van der Waals surface area (Å²) in [6.45, 7) is 6.39. The topological polar surface area (TPSA) is 67.9 Å². The first-order valence-electron chi connectivity index (χ1n) is 9.43. The van der Waals surface area contributed by atoms with Crippen molar-refractivity contribution >= 4 is 17.7 Å². The molecule has 144 valence electrons. The van der Waals surface area contributed by atoms with Crippen LogP contribution in [0.25, 0.3) is 0 Å². The van der Waals surface area contributed by atoms with E-state index in [2.05, 4.69) is 11.4 Å². The van der Waals surface area contributed by atoms with Gasteiger partial charge in [-0.2, -0.15) is 0 Å². The van der Waals surface area contributed by atoms with Gasteiger partial charge in [-0.3, -0.25) is 4.90 Å². The largest absolute Gasteiger partial charge is 0.466 e. The van der Waals surface area contributed by atoms with Crippen LogP contribution in [0.2, 0.25) is 0 Å². The van der Waals surface area contributed by atoms with Gasteiger partial charge < -0.3 is 14.8 Å². The van der Waals surface area contributed by atoms with Gasteiger partial charge in [-0.1, -0.05) is 24.3 Å². The number of benzene rings is 1. The minimum absolute atomic E-state index is 0.171. The number of hydrogen-bond acceptors (Lipinski definition) is 5. The zero-order chi connectivity index (χ0) is 19.4. The van der Waals surface area contributed by atoms with E-state index in [4.69, 9.17) is 9.47 Å². The Kier molecular flexibility index (Phi) is 4.07. The first-order valence-corrected chi connectivity index (χ1v) is 9.43. The van der Waals surface area contributed by atoms with Crippen LogP contribution < -0.4 is 10.2 Å². The fourth-order valence-corrected chi connectivity index (χ4v) is 4.95. The van der Waals surface area contributed by atoms with E-state index in [1.165, 1.54) is 7.11 Å². The van der Waals surface area contributed by atoms with Gasteiger partial charge in [0, 0.05) is 11.5 Å². The van der Waals surface area contributed by atoms with Gasteiger partial charge in [-0.05, 0) is 51.8 Å². The summed E-state index contributed by atoms with van der Waals surface area (Å²) >= 11 is 0. The number of para-hydroxylation sites is 1. The zero-order valence-electron chi connectivity index (χ0n) is 16.2. The second kappa shape index (κ2) is 6.09. The molecule has 2 aliphatic heterocycles. The molecule has 1 aromatic rings. The Bertz CT molecular complexity index is 826. The van der Waals surface area contributed by atoms with E-state index in [1.54, 1.807) is 4.90 Å². The summed E-state index contributed by atoms with van der Waals surface area (Å²) in [4.78, 5) is 27.5. The number of ether oxygens (including phenoxy) is 2. The molecule has 0 aromatic heterocycles. The van der Waals surface area contributed by atoms with Crippen molar-refractivity contribution in [2.24, 2.45) is 0 Å². The van der Waals surface area contributed by atoms with E-state index in [0.717, 1.165) is 30.6 Å². The van der Waals surface area contributed by atoms with Crippen LogP contribution in [-0.4, -0.2) is 43.4 Å². The SMILES string of the molecule is COC(=O)C1=CC[C@@H]2NCC[C@@]23c2ccccc2N(C(=O)OC(C)(C)C)[C@@H]13. The zero-order valence-corrected chi connectivity index (χ0v) is 16.2. The van der Waals surface area contributed by atoms with E-state index in [-0.39, 0.29) is 17.4 Å². The third kappa shape index (κ3) is 2.57. The van der Waals surface area contributed by atoms with Crippen LogP contribution in [0.5, 0.6) is 0 Å². The van der Waals surface area contributed by atoms with Gasteiger partial charge in [0.05, 0.1) is 24.4 Å². The lowest BCUT2D eigenvalue weighted by atomic mass is 9.65. The van der Waals surface area contributed by atoms with Gasteiger partial charge in [0.25, 0.3) is 0 Å². The van der Waals surface area contributed by atoms with Crippen LogP contribution in [0.15, 0.2) is 35.9 Å². The summed E-state index contributed by atoms with van der Waals surface area (Å²) in [7, 11) is 1.38. The minimum atomic E-state index is -0.626. The standard InChI is InChI=1S/C21H26N2O4/c1-20(2,3)27-19(25)23-15-8-6-5-7-14(15)21-11-12-22-16(21)10-9-13(17(21)23)18(24)26-4/h5-9,16-17,22H,10-12H2,1-4H3/t16-,17-,21+/m0/s1. The van der Waals surface area contributed by atoms with Crippen LogP contribution in [0, 0.1) is 0 Å². The smallest absolute Gasteiger partial charge is 0.415 e. The maximum Gasteiger partial charge on any atom is 0.415 e. The molecule has 4 rings (SSSR count). The Labute approximate surface area is 159 Å². The van der Waals surface area contributed by atoms with Crippen LogP contribution in [0.4, 0.5) is 10.5 Å². The highest BCUT2D eigenvalue weighted by Crippen LogP contribution is 2.56. The highest BCUT2D eigenvalue weighted by Gasteiger charge is 2.62. The van der Waals surface area contributed by atoms with E-state index < -0.39 is 17.7 Å². The summed E-state index contributed by atoms with van der Waals surface area (Å²) < 4.78 is 10.8. The summed E-state index contributed by atoms with van der Waals surface area (Å²) in [5.74, 6) is -0.383. The lowest BCUT2D eigenvalue weighted by molar-refractivity contribution is -0.136. The fraction of sp³-hybridized carbons (Fsp3) is 0.524. The first kappa shape index (κ1) is 18.0. The lowest BCUT2D eigenvalue weighted by Crippen LogP contribution is -2.57. The molecular weight excluding hydrogens is 344 g/mol. The summed E-state index contributed by atoms with van der Waals surface area (Å²) in [5.41, 5.74) is 1.50. The average Bonchev–Trinajstić information content (AvgIpc) is 3.17. The molecule has 6 heteroatoms. The van der Waals surface area contributed by atoms with Crippen LogP contribution in [0.1, 0.15) is 39.2 Å². The number of hydrogen-bond donors (Lipinski definition) is 1. The molecule has 3 aliphatic rings. The van der Waals surface area contributed by atoms with Gasteiger partial charge in [-0.25, -0.2) is 9.59 Å². The molecule has 1 aliphatic carbocycles. The van der Waals surface area contributed by atoms with Crippen molar-refractivity contribution in [2.45, 2.75) is 56.7 Å². The molecule has 1 spiro atoms. The van der Waals surface area contributed by atoms with Crippen molar-refractivity contribution in [3.63, 3.8) is 0 Å². The van der Waals surface area contributed by atoms with Crippen LogP contribution in [0.3, 0.4) is 0 Å². The van der Waals surface area contributed by atoms with Crippen molar-refractivity contribution in [1.29, 1.82) is 0 Å². The summed E-state index contributed by atoms with van der Waals surface area (Å²) in [6, 6.07) is 7.68. The van der Waals surface area contributed by atoms with E-state index in [0.29, 0.717) is 5.57 Å². The molecular formula is C21H26N2O4. The molecule has 1 fully saturated rings. The van der Waals surface area contributed by atoms with E-state index >= 15 is 0 Å². The Morgan fingerprint density at radius 1 is 1.26 bits per heavy atom. The predicted molar refractivity (Wildman–Crippen MR) is 102 cm³/mol. The number of esters is 1. The first-order chi connectivity index (χ1) is 12.8. The fourth-order valence-electron chi connectivity index (χ4n) is 4.95. The number of carbonyl (C=O) groups excluding carboxylic acids is 2. The van der Waals surface area contributed by atoms with Crippen LogP contribution in [-0.2, 0) is 19.7 Å². The average molecular weight is 370 g/mol. The molecule has 0 bridgehead atoms. The molecule has 1 amide bonds. The third-order valence-electron chi connectivity index (χ3n) is 5.84. The normalized spacial score (nSPS) is 28.7. The van der Waals surface area contributed by atoms with Crippen molar-refractivity contribution < 1.29 is 19.1 Å². The quantitative estimate of drug-likeness (QED) is 0.770. The van der Waals surface area contributed by atoms with Crippen molar-refractivity contribution in [2.75, 3.05) is 18.6 Å². The number of anilines is 1. The number of amides is 1. The Balaban J connectivity index is 1.90. The molecule has 1 aromatic carbocycles. The molecule has 0 saturated carbocycles. The molecule has 1 N–H and O–H groups in total. The van der Waals surface area contributed by atoms with E-state index in [9.17, 15) is 9.59 Å². The second-order valence-corrected chi connectivity index (χ2v) is 8.45. The molecule has 0 unspecified atom stereocenters. The van der Waals surface area contributed by atoms with Gasteiger partial charge in [0.1, 0.15) is 5.60 Å². The predicted octanol–water partition coefficient (Wildman–Crippen LogP) is 2.91. The molecule has 1 saturated heterocycles. The Morgan fingerprint density at radius 2 is 2.00 bits per heavy atom. The lowest BCUT2D eigenvalue weighted by Gasteiger charge is -2.43. The number of rotatable bonds is 1. The molecule has 6 nitrogen and oxygen atoms in total.